The van der Waals surface area contributed by atoms with Gasteiger partial charge in [0.2, 0.25) is 5.91 Å². The molecule has 0 aliphatic carbocycles. The molecule has 134 valence electrons. The number of carbonyl (C=O) groups excluding carboxylic acids is 1. The van der Waals surface area contributed by atoms with Gasteiger partial charge in [-0.2, -0.15) is 0 Å². The first-order valence-electron chi connectivity index (χ1n) is 8.98. The van der Waals surface area contributed by atoms with Crippen LogP contribution in [0.5, 0.6) is 0 Å². The smallest absolute Gasteiger partial charge is 0.223 e. The number of carbonyl (C=O) groups is 1. The van der Waals surface area contributed by atoms with Crippen molar-refractivity contribution in [1.82, 2.24) is 9.80 Å². The number of benzene rings is 1. The van der Waals surface area contributed by atoms with Gasteiger partial charge in [-0.1, -0.05) is 24.3 Å². The van der Waals surface area contributed by atoms with Crippen LogP contribution < -0.4 is 0 Å². The lowest BCUT2D eigenvalue weighted by Crippen LogP contribution is -2.48. The normalized spacial score (nSPS) is 15.5. The first kappa shape index (κ1) is 18.1. The molecule has 2 heterocycles. The van der Waals surface area contributed by atoms with Crippen molar-refractivity contribution in [3.8, 4) is 0 Å². The second-order valence-electron chi connectivity index (χ2n) is 6.50. The van der Waals surface area contributed by atoms with Crippen LogP contribution in [0.4, 0.5) is 4.39 Å². The maximum Gasteiger partial charge on any atom is 0.223 e. The average molecular weight is 360 g/mol. The van der Waals surface area contributed by atoms with Crippen LogP contribution in [0.15, 0.2) is 41.8 Å². The van der Waals surface area contributed by atoms with E-state index in [1.165, 1.54) is 10.9 Å². The third kappa shape index (κ3) is 5.38. The fraction of sp³-hybridized carbons (Fsp3) is 0.450. The number of hydrogen-bond acceptors (Lipinski definition) is 3. The molecule has 1 aliphatic rings. The van der Waals surface area contributed by atoms with Crippen molar-refractivity contribution in [2.24, 2.45) is 0 Å². The lowest BCUT2D eigenvalue weighted by Gasteiger charge is -2.34. The van der Waals surface area contributed by atoms with E-state index >= 15 is 0 Å². The molecule has 0 unspecified atom stereocenters. The molecule has 1 saturated heterocycles. The predicted molar refractivity (Wildman–Crippen MR) is 100 cm³/mol. The summed E-state index contributed by atoms with van der Waals surface area (Å²) in [4.78, 5) is 18.0. The molecule has 0 saturated carbocycles. The number of amides is 1. The molecule has 0 bridgehead atoms. The van der Waals surface area contributed by atoms with Gasteiger partial charge in [-0.05, 0) is 48.9 Å². The van der Waals surface area contributed by atoms with E-state index in [1.807, 2.05) is 23.1 Å². The Balaban J connectivity index is 1.34. The summed E-state index contributed by atoms with van der Waals surface area (Å²) in [6.45, 7) is 4.42. The molecule has 0 atom stereocenters. The molecule has 0 spiro atoms. The second-order valence-corrected chi connectivity index (χ2v) is 7.53. The average Bonchev–Trinajstić information content (AvgIpc) is 3.15. The number of piperazine rings is 1. The Hall–Kier alpha value is -1.72. The summed E-state index contributed by atoms with van der Waals surface area (Å²) in [5.41, 5.74) is 0.796. The van der Waals surface area contributed by atoms with Gasteiger partial charge < -0.3 is 4.90 Å². The fourth-order valence-electron chi connectivity index (χ4n) is 3.26. The molecular weight excluding hydrogens is 335 g/mol. The summed E-state index contributed by atoms with van der Waals surface area (Å²) >= 11 is 1.71. The number of nitrogens with zero attached hydrogens (tertiary/aromatic N) is 2. The summed E-state index contributed by atoms with van der Waals surface area (Å²) < 4.78 is 13.6. The molecule has 5 heteroatoms. The third-order valence-electron chi connectivity index (χ3n) is 4.77. The van der Waals surface area contributed by atoms with Gasteiger partial charge in [0, 0.05) is 37.5 Å². The quantitative estimate of drug-likeness (QED) is 0.753. The van der Waals surface area contributed by atoms with E-state index in [9.17, 15) is 9.18 Å². The van der Waals surface area contributed by atoms with E-state index in [4.69, 9.17) is 0 Å². The lowest BCUT2D eigenvalue weighted by molar-refractivity contribution is -0.132. The molecule has 1 aromatic carbocycles. The van der Waals surface area contributed by atoms with Crippen LogP contribution in [0.25, 0.3) is 0 Å². The molecule has 1 amide bonds. The molecule has 3 rings (SSSR count). The number of rotatable bonds is 7. The minimum Gasteiger partial charge on any atom is -0.340 e. The Morgan fingerprint density at radius 1 is 1.04 bits per heavy atom. The monoisotopic (exact) mass is 360 g/mol. The van der Waals surface area contributed by atoms with Gasteiger partial charge in [0.15, 0.2) is 0 Å². The van der Waals surface area contributed by atoms with Crippen LogP contribution in [-0.2, 0) is 17.6 Å². The van der Waals surface area contributed by atoms with Crippen molar-refractivity contribution < 1.29 is 9.18 Å². The lowest BCUT2D eigenvalue weighted by atomic mass is 10.1. The number of aryl methyl sites for hydroxylation is 2. The van der Waals surface area contributed by atoms with Gasteiger partial charge in [0.1, 0.15) is 5.82 Å². The zero-order chi connectivity index (χ0) is 17.5. The summed E-state index contributed by atoms with van der Waals surface area (Å²) in [6.07, 6.45) is 3.17. The molecule has 1 fully saturated rings. The first-order valence-corrected chi connectivity index (χ1v) is 9.86. The Kier molecular flexibility index (Phi) is 6.59. The van der Waals surface area contributed by atoms with Crippen LogP contribution >= 0.6 is 11.3 Å². The van der Waals surface area contributed by atoms with Crippen LogP contribution in [0.1, 0.15) is 23.3 Å². The van der Waals surface area contributed by atoms with E-state index in [1.54, 1.807) is 17.4 Å². The minimum atomic E-state index is -0.108. The van der Waals surface area contributed by atoms with Gasteiger partial charge in [-0.3, -0.25) is 9.69 Å². The van der Waals surface area contributed by atoms with E-state index in [2.05, 4.69) is 16.3 Å². The molecule has 1 aromatic heterocycles. The highest BCUT2D eigenvalue weighted by Gasteiger charge is 2.20. The number of hydrogen-bond donors (Lipinski definition) is 0. The molecule has 0 radical (unpaired) electrons. The Labute approximate surface area is 153 Å². The number of thiophene rings is 1. The van der Waals surface area contributed by atoms with Crippen LogP contribution in [-0.4, -0.2) is 48.4 Å². The van der Waals surface area contributed by atoms with Gasteiger partial charge in [0.25, 0.3) is 0 Å². The topological polar surface area (TPSA) is 23.6 Å². The van der Waals surface area contributed by atoms with Crippen LogP contribution in [0.2, 0.25) is 0 Å². The predicted octanol–water partition coefficient (Wildman–Crippen LogP) is 3.60. The van der Waals surface area contributed by atoms with Crippen molar-refractivity contribution in [2.45, 2.75) is 25.7 Å². The van der Waals surface area contributed by atoms with Gasteiger partial charge in [-0.15, -0.1) is 11.3 Å². The Bertz CT molecular complexity index is 666. The highest BCUT2D eigenvalue weighted by atomic mass is 32.1. The summed E-state index contributed by atoms with van der Waals surface area (Å²) in [7, 11) is 0. The van der Waals surface area contributed by atoms with E-state index < -0.39 is 0 Å². The van der Waals surface area contributed by atoms with Gasteiger partial charge >= 0.3 is 0 Å². The highest BCUT2D eigenvalue weighted by molar-refractivity contribution is 7.09. The van der Waals surface area contributed by atoms with Crippen molar-refractivity contribution in [1.29, 1.82) is 0 Å². The minimum absolute atomic E-state index is 0.108. The molecular formula is C20H25FN2OS. The molecule has 2 aromatic rings. The largest absolute Gasteiger partial charge is 0.340 e. The van der Waals surface area contributed by atoms with Crippen molar-refractivity contribution in [2.75, 3.05) is 32.7 Å². The Morgan fingerprint density at radius 2 is 1.84 bits per heavy atom. The van der Waals surface area contributed by atoms with Crippen molar-refractivity contribution >= 4 is 17.2 Å². The zero-order valence-corrected chi connectivity index (χ0v) is 15.3. The standard InChI is InChI=1S/C20H25FN2OS/c21-19-8-2-1-5-17(19)6-3-11-22-12-14-23(15-13-22)20(24)10-9-18-7-4-16-25-18/h1-2,4-5,7-8,16H,3,6,9-15H2. The SMILES string of the molecule is O=C(CCc1cccs1)N1CCN(CCCc2ccccc2F)CC1. The van der Waals surface area contributed by atoms with Crippen LogP contribution in [0.3, 0.4) is 0 Å². The van der Waals surface area contributed by atoms with Crippen molar-refractivity contribution in [3.05, 3.63) is 58.0 Å². The van der Waals surface area contributed by atoms with Gasteiger partial charge in [-0.25, -0.2) is 4.39 Å². The summed E-state index contributed by atoms with van der Waals surface area (Å²) in [5, 5.41) is 2.06. The first-order chi connectivity index (χ1) is 12.2. The van der Waals surface area contributed by atoms with E-state index in [0.717, 1.165) is 57.5 Å². The van der Waals surface area contributed by atoms with Crippen molar-refractivity contribution in [3.63, 3.8) is 0 Å². The fourth-order valence-corrected chi connectivity index (χ4v) is 3.97. The molecule has 1 aliphatic heterocycles. The maximum atomic E-state index is 13.6. The van der Waals surface area contributed by atoms with Gasteiger partial charge in [0.05, 0.1) is 0 Å². The second kappa shape index (κ2) is 9.11. The van der Waals surface area contributed by atoms with Crippen LogP contribution in [0, 0.1) is 5.82 Å². The number of halogens is 1. The highest BCUT2D eigenvalue weighted by Crippen LogP contribution is 2.13. The maximum absolute atomic E-state index is 13.6. The summed E-state index contributed by atoms with van der Waals surface area (Å²) in [5.74, 6) is 0.156. The van der Waals surface area contributed by atoms with E-state index in [-0.39, 0.29) is 11.7 Å². The molecule has 25 heavy (non-hydrogen) atoms. The zero-order valence-electron chi connectivity index (χ0n) is 14.5. The summed E-state index contributed by atoms with van der Waals surface area (Å²) in [6, 6.07) is 11.1. The molecule has 3 nitrogen and oxygen atoms in total. The van der Waals surface area contributed by atoms with E-state index in [0.29, 0.717) is 6.42 Å². The third-order valence-corrected chi connectivity index (χ3v) is 5.70. The Morgan fingerprint density at radius 3 is 2.56 bits per heavy atom. The molecule has 0 N–H and O–H groups in total.